The van der Waals surface area contributed by atoms with Gasteiger partial charge in [0.1, 0.15) is 12.0 Å². The Hall–Kier alpha value is -0.980. The van der Waals surface area contributed by atoms with Crippen molar-refractivity contribution in [1.82, 2.24) is 0 Å². The first kappa shape index (κ1) is 8.12. The molecule has 0 spiro atoms. The average molecular weight is 211 g/mol. The molecule has 0 N–H and O–H groups in total. The Morgan fingerprint density at radius 1 is 1.36 bits per heavy atom. The van der Waals surface area contributed by atoms with Crippen LogP contribution in [-0.4, -0.2) is 0 Å². The van der Waals surface area contributed by atoms with Crippen molar-refractivity contribution in [1.29, 1.82) is 0 Å². The van der Waals surface area contributed by atoms with Crippen molar-refractivity contribution >= 4 is 15.9 Å². The second-order valence-electron chi connectivity index (χ2n) is 1.89. The zero-order valence-electron chi connectivity index (χ0n) is 5.88. The van der Waals surface area contributed by atoms with E-state index >= 15 is 0 Å². The first-order valence-electron chi connectivity index (χ1n) is 3.09. The van der Waals surface area contributed by atoms with E-state index in [1.165, 1.54) is 6.26 Å². The molecule has 0 fully saturated rings. The molecule has 0 saturated heterocycles. The van der Waals surface area contributed by atoms with Gasteiger partial charge in [-0.2, -0.15) is 0 Å². The van der Waals surface area contributed by atoms with Gasteiger partial charge in [0.05, 0.1) is 0 Å². The summed E-state index contributed by atoms with van der Waals surface area (Å²) in [4.78, 5) is 0. The number of rotatable bonds is 2. The van der Waals surface area contributed by atoms with E-state index in [9.17, 15) is 0 Å². The molecule has 0 atom stereocenters. The molecule has 0 amide bonds. The molecule has 0 aromatic heterocycles. The summed E-state index contributed by atoms with van der Waals surface area (Å²) in [7, 11) is 0. The van der Waals surface area contributed by atoms with Crippen molar-refractivity contribution in [2.24, 2.45) is 0 Å². The molecule has 1 aromatic carbocycles. The van der Waals surface area contributed by atoms with Crippen LogP contribution >= 0.6 is 15.9 Å². The van der Waals surface area contributed by atoms with Gasteiger partial charge in [-0.1, -0.05) is 28.2 Å². The summed E-state index contributed by atoms with van der Waals surface area (Å²) >= 11 is 3.32. The lowest BCUT2D eigenvalue weighted by Gasteiger charge is -1.96. The highest BCUT2D eigenvalue weighted by atomic mass is 79.9. The van der Waals surface area contributed by atoms with Crippen LogP contribution in [0.15, 0.2) is 47.3 Å². The lowest BCUT2D eigenvalue weighted by Crippen LogP contribution is -1.78. The summed E-state index contributed by atoms with van der Waals surface area (Å²) < 4.78 is 6.13. The first-order chi connectivity index (χ1) is 5.33. The lowest BCUT2D eigenvalue weighted by atomic mass is 10.3. The normalized spacial score (nSPS) is 8.45. The third kappa shape index (κ3) is 2.62. The molecule has 0 bridgehead atoms. The summed E-state index contributed by atoms with van der Waals surface area (Å²) in [6.45, 7) is 3.38. The summed E-state index contributed by atoms with van der Waals surface area (Å²) in [5.41, 5.74) is 2.52. The quantitative estimate of drug-likeness (QED) is 0.539. The van der Waals surface area contributed by atoms with Gasteiger partial charge in [0, 0.05) is 4.47 Å². The lowest BCUT2D eigenvalue weighted by molar-refractivity contribution is 0.482. The number of ether oxygens (including phenoxy) is 1. The van der Waals surface area contributed by atoms with Crippen molar-refractivity contribution in [3.8, 4) is 5.75 Å². The summed E-state index contributed by atoms with van der Waals surface area (Å²) in [5.74, 6) is 0.782. The number of hydrogen-bond donors (Lipinski definition) is 0. The maximum absolute atomic E-state index is 5.09. The Bertz CT molecular complexity index is 270. The van der Waals surface area contributed by atoms with Crippen molar-refractivity contribution in [2.45, 2.75) is 0 Å². The van der Waals surface area contributed by atoms with E-state index in [-0.39, 0.29) is 0 Å². The van der Waals surface area contributed by atoms with E-state index in [1.807, 2.05) is 24.3 Å². The fraction of sp³-hybridized carbons (Fsp3) is 0. The van der Waals surface area contributed by atoms with Crippen LogP contribution in [0.1, 0.15) is 0 Å². The average Bonchev–Trinajstić information content (AvgIpc) is 2.04. The molecule has 0 radical (unpaired) electrons. The molecule has 0 aliphatic heterocycles. The standard InChI is InChI=1S/C9H7BrO/c1-2-7-11-9-5-3-8(10)4-6-9/h3-7H,1H2. The molecule has 0 heterocycles. The van der Waals surface area contributed by atoms with Gasteiger partial charge >= 0.3 is 0 Å². The van der Waals surface area contributed by atoms with Crippen molar-refractivity contribution in [3.05, 3.63) is 47.3 Å². The number of halogens is 1. The van der Waals surface area contributed by atoms with Crippen LogP contribution in [0.5, 0.6) is 5.75 Å². The van der Waals surface area contributed by atoms with Gasteiger partial charge in [-0.15, -0.1) is 0 Å². The van der Waals surface area contributed by atoms with Crippen molar-refractivity contribution in [2.75, 3.05) is 0 Å². The Balaban J connectivity index is 2.73. The highest BCUT2D eigenvalue weighted by Crippen LogP contribution is 2.15. The van der Waals surface area contributed by atoms with Gasteiger partial charge in [-0.25, -0.2) is 0 Å². The minimum Gasteiger partial charge on any atom is -0.457 e. The predicted molar refractivity (Wildman–Crippen MR) is 48.5 cm³/mol. The highest BCUT2D eigenvalue weighted by Gasteiger charge is 1.88. The largest absolute Gasteiger partial charge is 0.457 e. The van der Waals surface area contributed by atoms with Crippen molar-refractivity contribution in [3.63, 3.8) is 0 Å². The van der Waals surface area contributed by atoms with Crippen LogP contribution in [0, 0.1) is 0 Å². The monoisotopic (exact) mass is 210 g/mol. The van der Waals surface area contributed by atoms with E-state index in [2.05, 4.69) is 28.2 Å². The number of hydrogen-bond acceptors (Lipinski definition) is 1. The molecule has 2 heteroatoms. The van der Waals surface area contributed by atoms with E-state index in [1.54, 1.807) is 0 Å². The minimum atomic E-state index is 0.782. The van der Waals surface area contributed by atoms with Gasteiger partial charge < -0.3 is 4.74 Å². The molecule has 0 saturated carbocycles. The third-order valence-electron chi connectivity index (χ3n) is 1.09. The van der Waals surface area contributed by atoms with Gasteiger partial charge in [0.2, 0.25) is 0 Å². The van der Waals surface area contributed by atoms with Gasteiger partial charge in [0.25, 0.3) is 0 Å². The second kappa shape index (κ2) is 4.02. The van der Waals surface area contributed by atoms with Crippen LogP contribution < -0.4 is 4.74 Å². The summed E-state index contributed by atoms with van der Waals surface area (Å²) in [6, 6.07) is 7.54. The van der Waals surface area contributed by atoms with E-state index in [4.69, 9.17) is 4.74 Å². The minimum absolute atomic E-state index is 0.782. The molecule has 11 heavy (non-hydrogen) atoms. The molecular formula is C9H7BrO. The zero-order chi connectivity index (χ0) is 8.10. The molecule has 1 aromatic rings. The molecule has 56 valence electrons. The molecule has 0 aliphatic carbocycles. The van der Waals surface area contributed by atoms with E-state index in [0.29, 0.717) is 0 Å². The highest BCUT2D eigenvalue weighted by molar-refractivity contribution is 9.10. The van der Waals surface area contributed by atoms with Crippen LogP contribution in [0.3, 0.4) is 0 Å². The van der Waals surface area contributed by atoms with Crippen LogP contribution in [0.2, 0.25) is 0 Å². The van der Waals surface area contributed by atoms with Crippen LogP contribution in [0.25, 0.3) is 0 Å². The fourth-order valence-electron chi connectivity index (χ4n) is 0.623. The topological polar surface area (TPSA) is 9.23 Å². The number of benzene rings is 1. The Morgan fingerprint density at radius 2 is 2.00 bits per heavy atom. The van der Waals surface area contributed by atoms with Gasteiger partial charge in [0.15, 0.2) is 0 Å². The SMILES string of the molecule is C=C=COc1ccc(Br)cc1. The Kier molecular flexibility index (Phi) is 2.96. The maximum Gasteiger partial charge on any atom is 0.133 e. The van der Waals surface area contributed by atoms with Crippen LogP contribution in [0.4, 0.5) is 0 Å². The molecule has 1 rings (SSSR count). The smallest absolute Gasteiger partial charge is 0.133 e. The van der Waals surface area contributed by atoms with Crippen molar-refractivity contribution < 1.29 is 4.74 Å². The predicted octanol–water partition coefficient (Wildman–Crippen LogP) is 3.13. The Morgan fingerprint density at radius 3 is 2.55 bits per heavy atom. The van der Waals surface area contributed by atoms with Gasteiger partial charge in [-0.3, -0.25) is 0 Å². The Labute approximate surface area is 74.1 Å². The molecule has 1 nitrogen and oxygen atoms in total. The van der Waals surface area contributed by atoms with Gasteiger partial charge in [-0.05, 0) is 24.3 Å². The third-order valence-corrected chi connectivity index (χ3v) is 1.62. The molecule has 0 unspecified atom stereocenters. The fourth-order valence-corrected chi connectivity index (χ4v) is 0.887. The van der Waals surface area contributed by atoms with E-state index in [0.717, 1.165) is 10.2 Å². The maximum atomic E-state index is 5.09. The van der Waals surface area contributed by atoms with Crippen LogP contribution in [-0.2, 0) is 0 Å². The first-order valence-corrected chi connectivity index (χ1v) is 3.89. The second-order valence-corrected chi connectivity index (χ2v) is 2.81. The molecular weight excluding hydrogens is 204 g/mol. The molecule has 0 aliphatic rings. The van der Waals surface area contributed by atoms with E-state index < -0.39 is 0 Å². The zero-order valence-corrected chi connectivity index (χ0v) is 7.47. The summed E-state index contributed by atoms with van der Waals surface area (Å²) in [6.07, 6.45) is 1.42. The summed E-state index contributed by atoms with van der Waals surface area (Å²) in [5, 5.41) is 0.